The number of allylic oxidation sites excluding steroid dienone is 6. The Morgan fingerprint density at radius 2 is 2.00 bits per heavy atom. The van der Waals surface area contributed by atoms with Crippen molar-refractivity contribution in [1.29, 1.82) is 0 Å². The van der Waals surface area contributed by atoms with Crippen LogP contribution in [0.3, 0.4) is 0 Å². The van der Waals surface area contributed by atoms with Gasteiger partial charge in [-0.25, -0.2) is 0 Å². The van der Waals surface area contributed by atoms with Gasteiger partial charge in [0.2, 0.25) is 0 Å². The van der Waals surface area contributed by atoms with E-state index in [2.05, 4.69) is 45.1 Å². The Hall–Kier alpha value is -1.57. The van der Waals surface area contributed by atoms with E-state index in [0.29, 0.717) is 0 Å². The lowest BCUT2D eigenvalue weighted by atomic mass is 10.0. The molecular formula is C17H26N2. The molecule has 0 saturated heterocycles. The highest BCUT2D eigenvalue weighted by Gasteiger charge is 2.05. The van der Waals surface area contributed by atoms with E-state index in [-0.39, 0.29) is 0 Å². The van der Waals surface area contributed by atoms with Crippen LogP contribution in [0.2, 0.25) is 0 Å². The number of rotatable bonds is 5. The molecule has 0 heterocycles. The van der Waals surface area contributed by atoms with Crippen molar-refractivity contribution >= 4 is 5.71 Å². The maximum absolute atomic E-state index is 5.96. The first-order valence-corrected chi connectivity index (χ1v) is 7.22. The van der Waals surface area contributed by atoms with E-state index in [0.717, 1.165) is 42.7 Å². The topological polar surface area (TPSA) is 38.4 Å². The lowest BCUT2D eigenvalue weighted by Crippen LogP contribution is -2.01. The zero-order valence-corrected chi connectivity index (χ0v) is 12.7. The Kier molecular flexibility index (Phi) is 6.34. The summed E-state index contributed by atoms with van der Waals surface area (Å²) in [5.41, 5.74) is 11.6. The maximum atomic E-state index is 5.96. The summed E-state index contributed by atoms with van der Waals surface area (Å²) in [7, 11) is 0. The van der Waals surface area contributed by atoms with Gasteiger partial charge >= 0.3 is 0 Å². The molecule has 1 aliphatic carbocycles. The van der Waals surface area contributed by atoms with E-state index >= 15 is 0 Å². The van der Waals surface area contributed by atoms with Crippen molar-refractivity contribution in [3.05, 3.63) is 46.8 Å². The van der Waals surface area contributed by atoms with Gasteiger partial charge < -0.3 is 5.73 Å². The summed E-state index contributed by atoms with van der Waals surface area (Å²) in [4.78, 5) is 4.81. The van der Waals surface area contributed by atoms with Crippen molar-refractivity contribution in [2.45, 2.75) is 53.4 Å². The minimum atomic E-state index is 0.785. The fraction of sp³-hybridized carbons (Fsp3) is 0.471. The molecule has 0 bridgehead atoms. The molecule has 0 amide bonds. The molecule has 0 spiro atoms. The molecule has 0 aromatic rings. The monoisotopic (exact) mass is 258 g/mol. The maximum Gasteiger partial charge on any atom is 0.0597 e. The van der Waals surface area contributed by atoms with Crippen molar-refractivity contribution in [1.82, 2.24) is 0 Å². The molecule has 0 fully saturated rings. The van der Waals surface area contributed by atoms with Crippen LogP contribution in [0.1, 0.15) is 53.4 Å². The quantitative estimate of drug-likeness (QED) is 0.716. The SMILES string of the molecule is CC/C=C(\CC)C(CC)=NC1=CCC(N)=C(C)C=C1. The third-order valence-corrected chi connectivity index (χ3v) is 3.34. The van der Waals surface area contributed by atoms with E-state index in [9.17, 15) is 0 Å². The largest absolute Gasteiger partial charge is 0.402 e. The van der Waals surface area contributed by atoms with Gasteiger partial charge in [-0.15, -0.1) is 0 Å². The fourth-order valence-corrected chi connectivity index (χ4v) is 2.09. The first-order valence-electron chi connectivity index (χ1n) is 7.22. The molecule has 1 aliphatic rings. The highest BCUT2D eigenvalue weighted by molar-refractivity contribution is 6.00. The zero-order chi connectivity index (χ0) is 14.3. The minimum Gasteiger partial charge on any atom is -0.402 e. The van der Waals surface area contributed by atoms with Gasteiger partial charge in [0.25, 0.3) is 0 Å². The first kappa shape index (κ1) is 15.5. The van der Waals surface area contributed by atoms with E-state index in [1.54, 1.807) is 0 Å². The van der Waals surface area contributed by atoms with Crippen molar-refractivity contribution in [2.75, 3.05) is 0 Å². The van der Waals surface area contributed by atoms with Crippen LogP contribution in [0, 0.1) is 0 Å². The van der Waals surface area contributed by atoms with Gasteiger partial charge in [-0.2, -0.15) is 0 Å². The van der Waals surface area contributed by atoms with Crippen molar-refractivity contribution in [3.63, 3.8) is 0 Å². The molecule has 2 N–H and O–H groups in total. The van der Waals surface area contributed by atoms with Gasteiger partial charge in [-0.3, -0.25) is 4.99 Å². The van der Waals surface area contributed by atoms with Crippen LogP contribution in [-0.2, 0) is 0 Å². The molecular weight excluding hydrogens is 232 g/mol. The molecule has 0 saturated carbocycles. The molecule has 2 nitrogen and oxygen atoms in total. The second-order valence-electron chi connectivity index (χ2n) is 4.78. The third kappa shape index (κ3) is 4.55. The summed E-state index contributed by atoms with van der Waals surface area (Å²) in [6, 6.07) is 0. The molecule has 0 aromatic carbocycles. The first-order chi connectivity index (χ1) is 9.12. The van der Waals surface area contributed by atoms with E-state index < -0.39 is 0 Å². The number of nitrogens with zero attached hydrogens (tertiary/aromatic N) is 1. The summed E-state index contributed by atoms with van der Waals surface area (Å²) in [6.45, 7) is 8.56. The minimum absolute atomic E-state index is 0.785. The van der Waals surface area contributed by atoms with Crippen LogP contribution in [0.25, 0.3) is 0 Å². The number of aliphatic imine (C=N–C) groups is 1. The van der Waals surface area contributed by atoms with Crippen molar-refractivity contribution in [2.24, 2.45) is 10.7 Å². The molecule has 0 unspecified atom stereocenters. The molecule has 104 valence electrons. The van der Waals surface area contributed by atoms with Gasteiger partial charge in [0, 0.05) is 17.8 Å². The second-order valence-corrected chi connectivity index (χ2v) is 4.78. The van der Waals surface area contributed by atoms with Crippen molar-refractivity contribution < 1.29 is 0 Å². The summed E-state index contributed by atoms with van der Waals surface area (Å²) in [6.07, 6.45) is 12.4. The molecule has 0 aliphatic heterocycles. The van der Waals surface area contributed by atoms with Crippen LogP contribution >= 0.6 is 0 Å². The Morgan fingerprint density at radius 1 is 1.26 bits per heavy atom. The van der Waals surface area contributed by atoms with Crippen LogP contribution in [-0.4, -0.2) is 5.71 Å². The lowest BCUT2D eigenvalue weighted by Gasteiger charge is -2.07. The van der Waals surface area contributed by atoms with Gasteiger partial charge in [-0.05, 0) is 43.4 Å². The predicted molar refractivity (Wildman–Crippen MR) is 85.1 cm³/mol. The van der Waals surface area contributed by atoms with Gasteiger partial charge in [0.05, 0.1) is 5.70 Å². The van der Waals surface area contributed by atoms with Crippen molar-refractivity contribution in [3.8, 4) is 0 Å². The zero-order valence-electron chi connectivity index (χ0n) is 12.7. The molecule has 1 rings (SSSR count). The molecule has 0 radical (unpaired) electrons. The summed E-state index contributed by atoms with van der Waals surface area (Å²) in [5, 5.41) is 0. The van der Waals surface area contributed by atoms with Crippen LogP contribution in [0.5, 0.6) is 0 Å². The molecule has 0 atom stereocenters. The lowest BCUT2D eigenvalue weighted by molar-refractivity contribution is 1.08. The Balaban J connectivity index is 3.00. The average molecular weight is 258 g/mol. The highest BCUT2D eigenvalue weighted by Crippen LogP contribution is 2.17. The van der Waals surface area contributed by atoms with E-state index in [1.807, 2.05) is 6.92 Å². The smallest absolute Gasteiger partial charge is 0.0597 e. The van der Waals surface area contributed by atoms with Crippen LogP contribution in [0.15, 0.2) is 51.8 Å². The average Bonchev–Trinajstić information content (AvgIpc) is 2.58. The third-order valence-electron chi connectivity index (χ3n) is 3.34. The number of hydrogen-bond donors (Lipinski definition) is 1. The van der Waals surface area contributed by atoms with Gasteiger partial charge in [0.15, 0.2) is 0 Å². The standard InChI is InChI=1S/C17H26N2/c1-5-8-14(6-2)17(7-3)19-15-10-9-13(4)16(18)12-11-15/h8-11H,5-7,12,18H2,1-4H3/b14-8+,19-17?. The summed E-state index contributed by atoms with van der Waals surface area (Å²) in [5.74, 6) is 0. The molecule has 0 aromatic heterocycles. The molecule has 19 heavy (non-hydrogen) atoms. The van der Waals surface area contributed by atoms with E-state index in [4.69, 9.17) is 10.7 Å². The second kappa shape index (κ2) is 7.78. The summed E-state index contributed by atoms with van der Waals surface area (Å²) < 4.78 is 0. The van der Waals surface area contributed by atoms with Crippen LogP contribution in [0.4, 0.5) is 0 Å². The number of nitrogens with two attached hydrogens (primary N) is 1. The van der Waals surface area contributed by atoms with Crippen LogP contribution < -0.4 is 5.73 Å². The van der Waals surface area contributed by atoms with Gasteiger partial charge in [-0.1, -0.05) is 39.0 Å². The number of hydrogen-bond acceptors (Lipinski definition) is 2. The molecule has 2 heteroatoms. The Morgan fingerprint density at radius 3 is 2.58 bits per heavy atom. The van der Waals surface area contributed by atoms with E-state index in [1.165, 1.54) is 11.3 Å². The fourth-order valence-electron chi connectivity index (χ4n) is 2.09. The Bertz CT molecular complexity index is 460. The Labute approximate surface area is 117 Å². The highest BCUT2D eigenvalue weighted by atomic mass is 14.8. The predicted octanol–water partition coefficient (Wildman–Crippen LogP) is 4.66. The van der Waals surface area contributed by atoms with Gasteiger partial charge in [0.1, 0.15) is 0 Å². The summed E-state index contributed by atoms with van der Waals surface area (Å²) >= 11 is 0. The normalized spacial score (nSPS) is 17.6.